The van der Waals surface area contributed by atoms with Gasteiger partial charge >= 0.3 is 0 Å². The first kappa shape index (κ1) is 26.4. The zero-order valence-corrected chi connectivity index (χ0v) is 22.6. The Labute approximate surface area is 231 Å². The molecule has 3 aromatic rings. The number of para-hydroxylation sites is 1. The summed E-state index contributed by atoms with van der Waals surface area (Å²) >= 11 is 1.17. The number of amidine groups is 2. The van der Waals surface area contributed by atoms with Crippen LogP contribution in [0.5, 0.6) is 0 Å². The maximum atomic E-state index is 13.4. The van der Waals surface area contributed by atoms with Crippen LogP contribution in [0.1, 0.15) is 42.9 Å². The molecule has 39 heavy (non-hydrogen) atoms. The Bertz CT molecular complexity index is 1450. The molecule has 3 amide bonds. The number of carbonyl (C=O) groups excluding carboxylic acids is 3. The second kappa shape index (κ2) is 11.7. The minimum Gasteiger partial charge on any atom is -0.352 e. The lowest BCUT2D eigenvalue weighted by Crippen LogP contribution is -2.42. The summed E-state index contributed by atoms with van der Waals surface area (Å²) in [4.78, 5) is 49.5. The maximum absolute atomic E-state index is 13.4. The van der Waals surface area contributed by atoms with Gasteiger partial charge in [-0.25, -0.2) is 9.89 Å². The van der Waals surface area contributed by atoms with E-state index in [-0.39, 0.29) is 29.9 Å². The van der Waals surface area contributed by atoms with Crippen molar-refractivity contribution in [1.29, 1.82) is 0 Å². The zero-order valence-electron chi connectivity index (χ0n) is 21.8. The average molecular weight is 540 g/mol. The second-order valence-electron chi connectivity index (χ2n) is 9.63. The molecule has 0 bridgehead atoms. The quantitative estimate of drug-likeness (QED) is 0.427. The molecule has 1 atom stereocenters. The van der Waals surface area contributed by atoms with E-state index in [1.54, 1.807) is 0 Å². The predicted octanol–water partition coefficient (Wildman–Crippen LogP) is 4.85. The number of thioether (sulfide) groups is 1. The van der Waals surface area contributed by atoms with Gasteiger partial charge < -0.3 is 10.6 Å². The summed E-state index contributed by atoms with van der Waals surface area (Å²) in [6.07, 6.45) is -0.0708. The summed E-state index contributed by atoms with van der Waals surface area (Å²) in [6, 6.07) is 23.9. The Kier molecular flexibility index (Phi) is 7.88. The van der Waals surface area contributed by atoms with E-state index in [2.05, 4.69) is 34.5 Å². The van der Waals surface area contributed by atoms with Gasteiger partial charge in [0.25, 0.3) is 5.91 Å². The second-order valence-corrected chi connectivity index (χ2v) is 10.6. The van der Waals surface area contributed by atoms with E-state index in [0.29, 0.717) is 34.8 Å². The Morgan fingerprint density at radius 1 is 0.949 bits per heavy atom. The SMILES string of the molecule is CC(C)c1ccc(NC(=O)CSC2=Nc3ccccc3C3=N[C@@H](CC(=O)NCc4ccccc4)C(=O)N23)cc1. The van der Waals surface area contributed by atoms with Gasteiger partial charge in [0.1, 0.15) is 11.9 Å². The average Bonchev–Trinajstić information content (AvgIpc) is 3.27. The van der Waals surface area contributed by atoms with E-state index in [9.17, 15) is 14.4 Å². The molecule has 0 fully saturated rings. The topological polar surface area (TPSA) is 103 Å². The van der Waals surface area contributed by atoms with Crippen molar-refractivity contribution in [3.63, 3.8) is 0 Å². The van der Waals surface area contributed by atoms with E-state index in [1.165, 1.54) is 22.2 Å². The Balaban J connectivity index is 1.26. The number of hydrogen-bond donors (Lipinski definition) is 2. The first-order valence-corrected chi connectivity index (χ1v) is 13.8. The van der Waals surface area contributed by atoms with Crippen molar-refractivity contribution in [2.24, 2.45) is 9.98 Å². The van der Waals surface area contributed by atoms with Crippen LogP contribution >= 0.6 is 11.8 Å². The molecule has 5 rings (SSSR count). The van der Waals surface area contributed by atoms with Gasteiger partial charge in [0.15, 0.2) is 5.17 Å². The molecular formula is C30H29N5O3S. The normalized spacial score (nSPS) is 15.8. The molecule has 0 aliphatic carbocycles. The van der Waals surface area contributed by atoms with Crippen LogP contribution in [0, 0.1) is 0 Å². The summed E-state index contributed by atoms with van der Waals surface area (Å²) in [6.45, 7) is 4.61. The molecular weight excluding hydrogens is 510 g/mol. The molecule has 2 N–H and O–H groups in total. The van der Waals surface area contributed by atoms with Crippen LogP contribution in [-0.4, -0.2) is 45.4 Å². The van der Waals surface area contributed by atoms with Gasteiger partial charge in [-0.15, -0.1) is 0 Å². The van der Waals surface area contributed by atoms with E-state index >= 15 is 0 Å². The summed E-state index contributed by atoms with van der Waals surface area (Å²) < 4.78 is 0. The van der Waals surface area contributed by atoms with Crippen LogP contribution in [0.2, 0.25) is 0 Å². The van der Waals surface area contributed by atoms with Gasteiger partial charge in [-0.05, 0) is 41.3 Å². The molecule has 0 saturated heterocycles. The number of nitrogens with one attached hydrogen (secondary N) is 2. The van der Waals surface area contributed by atoms with Gasteiger partial charge in [-0.3, -0.25) is 19.4 Å². The molecule has 198 valence electrons. The van der Waals surface area contributed by atoms with Crippen molar-refractivity contribution in [1.82, 2.24) is 10.2 Å². The van der Waals surface area contributed by atoms with Crippen molar-refractivity contribution < 1.29 is 14.4 Å². The van der Waals surface area contributed by atoms with Crippen molar-refractivity contribution >= 4 is 51.9 Å². The molecule has 0 spiro atoms. The van der Waals surface area contributed by atoms with Crippen LogP contribution in [0.3, 0.4) is 0 Å². The Morgan fingerprint density at radius 2 is 1.67 bits per heavy atom. The van der Waals surface area contributed by atoms with Crippen molar-refractivity contribution in [2.45, 2.75) is 38.8 Å². The van der Waals surface area contributed by atoms with Gasteiger partial charge in [-0.1, -0.05) is 80.2 Å². The molecule has 2 heterocycles. The third kappa shape index (κ3) is 6.09. The summed E-state index contributed by atoms with van der Waals surface area (Å²) in [7, 11) is 0. The first-order valence-electron chi connectivity index (χ1n) is 12.8. The van der Waals surface area contributed by atoms with Crippen LogP contribution in [-0.2, 0) is 20.9 Å². The number of anilines is 1. The number of fused-ring (bicyclic) bond motifs is 3. The van der Waals surface area contributed by atoms with Crippen LogP contribution in [0.25, 0.3) is 0 Å². The minimum atomic E-state index is -0.860. The van der Waals surface area contributed by atoms with Gasteiger partial charge in [-0.2, -0.15) is 0 Å². The molecule has 2 aliphatic rings. The third-order valence-corrected chi connectivity index (χ3v) is 7.39. The zero-order chi connectivity index (χ0) is 27.4. The van der Waals surface area contributed by atoms with Gasteiger partial charge in [0, 0.05) is 17.8 Å². The van der Waals surface area contributed by atoms with Crippen molar-refractivity contribution in [2.75, 3.05) is 11.1 Å². The number of aliphatic imine (C=N–C) groups is 2. The number of hydrogen-bond acceptors (Lipinski definition) is 6. The predicted molar refractivity (Wildman–Crippen MR) is 155 cm³/mol. The smallest absolute Gasteiger partial charge is 0.259 e. The van der Waals surface area contributed by atoms with Gasteiger partial charge in [0.05, 0.1) is 17.9 Å². The maximum Gasteiger partial charge on any atom is 0.259 e. The summed E-state index contributed by atoms with van der Waals surface area (Å²) in [5, 5.41) is 6.13. The fourth-order valence-corrected chi connectivity index (χ4v) is 5.16. The lowest BCUT2D eigenvalue weighted by molar-refractivity contribution is -0.128. The highest BCUT2D eigenvalue weighted by Gasteiger charge is 2.42. The number of benzene rings is 3. The molecule has 8 nitrogen and oxygen atoms in total. The molecule has 0 radical (unpaired) electrons. The third-order valence-electron chi connectivity index (χ3n) is 6.45. The molecule has 9 heteroatoms. The van der Waals surface area contributed by atoms with Crippen LogP contribution in [0.15, 0.2) is 88.8 Å². The molecule has 0 aromatic heterocycles. The standard InChI is InChI=1S/C30H29N5O3S/c1-19(2)21-12-14-22(15-13-21)32-27(37)18-39-30-34-24-11-7-6-10-23(24)28-33-25(29(38)35(28)30)16-26(36)31-17-20-8-4-3-5-9-20/h3-15,19,25H,16-18H2,1-2H3,(H,31,36)(H,32,37)/t25-/m0/s1. The van der Waals surface area contributed by atoms with Gasteiger partial charge in [0.2, 0.25) is 11.8 Å². The monoisotopic (exact) mass is 539 g/mol. The first-order chi connectivity index (χ1) is 18.9. The van der Waals surface area contributed by atoms with Crippen LogP contribution < -0.4 is 10.6 Å². The van der Waals surface area contributed by atoms with Crippen molar-refractivity contribution in [3.8, 4) is 0 Å². The van der Waals surface area contributed by atoms with E-state index in [0.717, 1.165) is 11.1 Å². The lowest BCUT2D eigenvalue weighted by Gasteiger charge is -2.25. The summed E-state index contributed by atoms with van der Waals surface area (Å²) in [5.74, 6) is 0.130. The summed E-state index contributed by atoms with van der Waals surface area (Å²) in [5.41, 5.74) is 4.27. The fraction of sp³-hybridized carbons (Fsp3) is 0.233. The fourth-order valence-electron chi connectivity index (χ4n) is 4.35. The Hall–Kier alpha value is -4.24. The van der Waals surface area contributed by atoms with Crippen molar-refractivity contribution in [3.05, 3.63) is 95.6 Å². The number of nitrogens with zero attached hydrogens (tertiary/aromatic N) is 3. The number of rotatable bonds is 8. The molecule has 0 unspecified atom stereocenters. The van der Waals surface area contributed by atoms with E-state index < -0.39 is 6.04 Å². The highest BCUT2D eigenvalue weighted by Crippen LogP contribution is 2.34. The lowest BCUT2D eigenvalue weighted by atomic mass is 10.0. The largest absolute Gasteiger partial charge is 0.352 e. The van der Waals surface area contributed by atoms with E-state index in [1.807, 2.05) is 78.9 Å². The van der Waals surface area contributed by atoms with Crippen LogP contribution in [0.4, 0.5) is 11.4 Å². The molecule has 3 aromatic carbocycles. The van der Waals surface area contributed by atoms with E-state index in [4.69, 9.17) is 0 Å². The molecule has 2 aliphatic heterocycles. The highest BCUT2D eigenvalue weighted by molar-refractivity contribution is 8.14. The number of carbonyl (C=O) groups is 3. The minimum absolute atomic E-state index is 0.0617. The Morgan fingerprint density at radius 3 is 2.41 bits per heavy atom. The molecule has 0 saturated carbocycles. The number of amides is 3. The highest BCUT2D eigenvalue weighted by atomic mass is 32.2.